The molecule has 1 aromatic heterocycles. The summed E-state index contributed by atoms with van der Waals surface area (Å²) in [5.74, 6) is -0.122. The number of para-hydroxylation sites is 1. The van der Waals surface area contributed by atoms with Crippen LogP contribution in [0, 0.1) is 5.82 Å². The molecule has 0 amide bonds. The summed E-state index contributed by atoms with van der Waals surface area (Å²) in [6.07, 6.45) is 0. The second-order valence-electron chi connectivity index (χ2n) is 5.80. The lowest BCUT2D eigenvalue weighted by Crippen LogP contribution is -2.43. The summed E-state index contributed by atoms with van der Waals surface area (Å²) in [6, 6.07) is 7.74. The number of halogens is 1. The van der Waals surface area contributed by atoms with Gasteiger partial charge in [0.05, 0.1) is 5.52 Å². The number of fused-ring (bicyclic) bond motifs is 1. The summed E-state index contributed by atoms with van der Waals surface area (Å²) < 4.78 is 16.3. The topological polar surface area (TPSA) is 20.2 Å². The van der Waals surface area contributed by atoms with E-state index in [1.807, 2.05) is 6.07 Å². The van der Waals surface area contributed by atoms with Crippen molar-refractivity contribution in [2.45, 2.75) is 26.4 Å². The average molecular weight is 275 g/mol. The molecular formula is C16H22FN3. The maximum atomic E-state index is 14.2. The van der Waals surface area contributed by atoms with E-state index in [2.05, 4.69) is 34.7 Å². The SMILES string of the molecule is CC(C)n1c(CN2CCNCC2)cc2cccc(F)c21. The van der Waals surface area contributed by atoms with Gasteiger partial charge in [0.2, 0.25) is 0 Å². The lowest BCUT2D eigenvalue weighted by Gasteiger charge is -2.28. The Morgan fingerprint density at radius 3 is 2.70 bits per heavy atom. The van der Waals surface area contributed by atoms with Crippen LogP contribution >= 0.6 is 0 Å². The van der Waals surface area contributed by atoms with Crippen LogP contribution in [0.1, 0.15) is 25.6 Å². The molecule has 2 aromatic rings. The summed E-state index contributed by atoms with van der Waals surface area (Å²) in [5.41, 5.74) is 1.95. The van der Waals surface area contributed by atoms with Gasteiger partial charge in [0, 0.05) is 49.8 Å². The summed E-state index contributed by atoms with van der Waals surface area (Å²) in [7, 11) is 0. The quantitative estimate of drug-likeness (QED) is 0.929. The van der Waals surface area contributed by atoms with Crippen molar-refractivity contribution in [2.24, 2.45) is 0 Å². The number of hydrogen-bond donors (Lipinski definition) is 1. The van der Waals surface area contributed by atoms with Crippen LogP contribution in [0.15, 0.2) is 24.3 Å². The lowest BCUT2D eigenvalue weighted by molar-refractivity contribution is 0.227. The highest BCUT2D eigenvalue weighted by atomic mass is 19.1. The van der Waals surface area contributed by atoms with Crippen molar-refractivity contribution < 1.29 is 4.39 Å². The zero-order chi connectivity index (χ0) is 14.1. The van der Waals surface area contributed by atoms with E-state index in [0.29, 0.717) is 0 Å². The first-order chi connectivity index (χ1) is 9.66. The van der Waals surface area contributed by atoms with Crippen LogP contribution in [0.5, 0.6) is 0 Å². The Kier molecular flexibility index (Phi) is 3.76. The fraction of sp³-hybridized carbons (Fsp3) is 0.500. The van der Waals surface area contributed by atoms with Gasteiger partial charge in [0.1, 0.15) is 5.82 Å². The van der Waals surface area contributed by atoms with E-state index in [9.17, 15) is 4.39 Å². The summed E-state index contributed by atoms with van der Waals surface area (Å²) >= 11 is 0. The molecule has 0 unspecified atom stereocenters. The van der Waals surface area contributed by atoms with E-state index < -0.39 is 0 Å². The Balaban J connectivity index is 2.01. The van der Waals surface area contributed by atoms with Crippen molar-refractivity contribution in [3.8, 4) is 0 Å². The number of benzene rings is 1. The third-order valence-corrected chi connectivity index (χ3v) is 4.00. The van der Waals surface area contributed by atoms with Gasteiger partial charge in [-0.3, -0.25) is 4.90 Å². The predicted octanol–water partition coefficient (Wildman–Crippen LogP) is 2.77. The van der Waals surface area contributed by atoms with Crippen molar-refractivity contribution in [1.29, 1.82) is 0 Å². The molecule has 108 valence electrons. The second kappa shape index (κ2) is 5.54. The molecule has 0 radical (unpaired) electrons. The van der Waals surface area contributed by atoms with Gasteiger partial charge in [-0.1, -0.05) is 12.1 Å². The number of rotatable bonds is 3. The molecule has 20 heavy (non-hydrogen) atoms. The minimum absolute atomic E-state index is 0.122. The van der Waals surface area contributed by atoms with Crippen molar-refractivity contribution in [3.05, 3.63) is 35.8 Å². The van der Waals surface area contributed by atoms with Crippen LogP contribution in [0.2, 0.25) is 0 Å². The van der Waals surface area contributed by atoms with Gasteiger partial charge in [-0.2, -0.15) is 0 Å². The normalized spacial score (nSPS) is 17.2. The zero-order valence-corrected chi connectivity index (χ0v) is 12.2. The zero-order valence-electron chi connectivity index (χ0n) is 12.2. The van der Waals surface area contributed by atoms with E-state index in [-0.39, 0.29) is 11.9 Å². The number of nitrogens with one attached hydrogen (secondary N) is 1. The molecule has 2 heterocycles. The van der Waals surface area contributed by atoms with Gasteiger partial charge in [0.25, 0.3) is 0 Å². The van der Waals surface area contributed by atoms with Crippen LogP contribution < -0.4 is 5.32 Å². The molecule has 1 aliphatic rings. The van der Waals surface area contributed by atoms with Crippen LogP contribution in [-0.4, -0.2) is 35.6 Å². The van der Waals surface area contributed by atoms with Gasteiger partial charge >= 0.3 is 0 Å². The molecule has 1 aromatic carbocycles. The lowest BCUT2D eigenvalue weighted by atomic mass is 10.2. The summed E-state index contributed by atoms with van der Waals surface area (Å²) in [4.78, 5) is 2.43. The van der Waals surface area contributed by atoms with Crippen LogP contribution in [0.4, 0.5) is 4.39 Å². The molecule has 0 bridgehead atoms. The standard InChI is InChI=1S/C16H22FN3/c1-12(2)20-14(11-19-8-6-18-7-9-19)10-13-4-3-5-15(17)16(13)20/h3-5,10,12,18H,6-9,11H2,1-2H3. The van der Waals surface area contributed by atoms with E-state index in [1.54, 1.807) is 12.1 Å². The highest BCUT2D eigenvalue weighted by molar-refractivity contribution is 5.82. The van der Waals surface area contributed by atoms with E-state index in [0.717, 1.165) is 43.6 Å². The van der Waals surface area contributed by atoms with Gasteiger partial charge in [-0.15, -0.1) is 0 Å². The molecule has 1 aliphatic heterocycles. The Labute approximate surface area is 119 Å². The minimum atomic E-state index is -0.122. The van der Waals surface area contributed by atoms with E-state index in [1.165, 1.54) is 5.69 Å². The molecule has 3 rings (SSSR count). The first-order valence-electron chi connectivity index (χ1n) is 7.38. The second-order valence-corrected chi connectivity index (χ2v) is 5.80. The Morgan fingerprint density at radius 1 is 1.25 bits per heavy atom. The number of hydrogen-bond acceptors (Lipinski definition) is 2. The van der Waals surface area contributed by atoms with E-state index >= 15 is 0 Å². The molecule has 4 heteroatoms. The fourth-order valence-corrected chi connectivity index (χ4v) is 3.11. The first kappa shape index (κ1) is 13.6. The molecule has 0 spiro atoms. The third kappa shape index (κ3) is 2.45. The largest absolute Gasteiger partial charge is 0.338 e. The van der Waals surface area contributed by atoms with Crippen LogP contribution in [-0.2, 0) is 6.54 Å². The van der Waals surface area contributed by atoms with Crippen LogP contribution in [0.25, 0.3) is 10.9 Å². The summed E-state index contributed by atoms with van der Waals surface area (Å²) in [5, 5.41) is 4.37. The number of aromatic nitrogens is 1. The monoisotopic (exact) mass is 275 g/mol. The maximum Gasteiger partial charge on any atom is 0.147 e. The highest BCUT2D eigenvalue weighted by Crippen LogP contribution is 2.27. The smallest absolute Gasteiger partial charge is 0.147 e. The molecule has 0 atom stereocenters. The fourth-order valence-electron chi connectivity index (χ4n) is 3.11. The Morgan fingerprint density at radius 2 is 2.00 bits per heavy atom. The van der Waals surface area contributed by atoms with Gasteiger partial charge in [-0.05, 0) is 26.0 Å². The Bertz CT molecular complexity index is 597. The Hall–Kier alpha value is -1.39. The predicted molar refractivity (Wildman–Crippen MR) is 80.4 cm³/mol. The van der Waals surface area contributed by atoms with Crippen molar-refractivity contribution >= 4 is 10.9 Å². The molecule has 0 aliphatic carbocycles. The maximum absolute atomic E-state index is 14.2. The molecule has 1 N–H and O–H groups in total. The minimum Gasteiger partial charge on any atom is -0.338 e. The molecular weight excluding hydrogens is 253 g/mol. The highest BCUT2D eigenvalue weighted by Gasteiger charge is 2.17. The van der Waals surface area contributed by atoms with Gasteiger partial charge < -0.3 is 9.88 Å². The first-order valence-corrected chi connectivity index (χ1v) is 7.38. The van der Waals surface area contributed by atoms with Gasteiger partial charge in [0.15, 0.2) is 0 Å². The van der Waals surface area contributed by atoms with Crippen molar-refractivity contribution in [1.82, 2.24) is 14.8 Å². The molecule has 1 fully saturated rings. The van der Waals surface area contributed by atoms with Crippen molar-refractivity contribution in [2.75, 3.05) is 26.2 Å². The van der Waals surface area contributed by atoms with Crippen LogP contribution in [0.3, 0.4) is 0 Å². The number of piperazine rings is 1. The molecule has 0 saturated carbocycles. The summed E-state index contributed by atoms with van der Waals surface area (Å²) in [6.45, 7) is 9.32. The third-order valence-electron chi connectivity index (χ3n) is 4.00. The van der Waals surface area contributed by atoms with Crippen molar-refractivity contribution in [3.63, 3.8) is 0 Å². The van der Waals surface area contributed by atoms with Gasteiger partial charge in [-0.25, -0.2) is 4.39 Å². The average Bonchev–Trinajstić information content (AvgIpc) is 2.79. The number of nitrogens with zero attached hydrogens (tertiary/aromatic N) is 2. The molecule has 3 nitrogen and oxygen atoms in total. The van der Waals surface area contributed by atoms with E-state index in [4.69, 9.17) is 0 Å². The molecule has 1 saturated heterocycles.